The molecule has 3 amide bonds. The van der Waals surface area contributed by atoms with E-state index >= 15 is 0 Å². The van der Waals surface area contributed by atoms with Crippen LogP contribution >= 0.6 is 0 Å². The van der Waals surface area contributed by atoms with Crippen LogP contribution in [-0.2, 0) is 9.59 Å². The van der Waals surface area contributed by atoms with Crippen molar-refractivity contribution in [1.29, 1.82) is 0 Å². The highest BCUT2D eigenvalue weighted by molar-refractivity contribution is 6.01. The molecule has 5 N–H and O–H groups in total. The van der Waals surface area contributed by atoms with E-state index in [-0.39, 0.29) is 29.7 Å². The molecule has 2 atom stereocenters. The van der Waals surface area contributed by atoms with E-state index in [9.17, 15) is 14.4 Å². The number of imide groups is 1. The molecule has 1 saturated carbocycles. The highest BCUT2D eigenvalue weighted by Gasteiger charge is 2.36. The van der Waals surface area contributed by atoms with Gasteiger partial charge in [-0.15, -0.1) is 0 Å². The van der Waals surface area contributed by atoms with Crippen molar-refractivity contribution in [2.75, 3.05) is 41.7 Å². The standard InChI is InChI=1S/C40H43N11O4/c1-23-17-26(5-9-31(23)24(2)38-48-40(37(41)53)55-49-38)33-20-35(44-22-43-33)46-34-11-8-29(21-42-34)50-13-15-51(16-14-50)30-18-27(19-30)25-3-6-28(7-4-25)45-32-10-12-36(52)47-39(32)54/h3-9,11,17,20-22,24,27,30,32,45H,10,12-16,18-19H2,1-2H3,(H2,41,53)(H,47,52,54)(H,42,43,44,46)/t24-,27?,30?,32+/m1/s1. The van der Waals surface area contributed by atoms with Gasteiger partial charge in [-0.05, 0) is 79.1 Å². The van der Waals surface area contributed by atoms with E-state index in [1.54, 1.807) is 0 Å². The van der Waals surface area contributed by atoms with Crippen LogP contribution in [0.2, 0.25) is 0 Å². The second-order valence-corrected chi connectivity index (χ2v) is 14.5. The van der Waals surface area contributed by atoms with E-state index in [0.717, 1.165) is 72.8 Å². The molecule has 15 heteroatoms. The zero-order valence-electron chi connectivity index (χ0n) is 30.7. The van der Waals surface area contributed by atoms with Gasteiger partial charge in [0.25, 0.3) is 0 Å². The van der Waals surface area contributed by atoms with Crippen LogP contribution < -0.4 is 26.6 Å². The number of anilines is 4. The summed E-state index contributed by atoms with van der Waals surface area (Å²) < 4.78 is 4.97. The molecule has 3 aromatic heterocycles. The maximum Gasteiger partial charge on any atom is 0.315 e. The Hall–Kier alpha value is -6.22. The number of hydrogen-bond donors (Lipinski definition) is 4. The molecule has 2 aliphatic heterocycles. The van der Waals surface area contributed by atoms with E-state index in [2.05, 4.69) is 64.1 Å². The Morgan fingerprint density at radius 3 is 2.45 bits per heavy atom. The maximum atomic E-state index is 12.1. The molecule has 5 aromatic rings. The molecule has 3 fully saturated rings. The first-order chi connectivity index (χ1) is 26.7. The Kier molecular flexibility index (Phi) is 9.93. The number of aryl methyl sites for hydroxylation is 1. The summed E-state index contributed by atoms with van der Waals surface area (Å²) in [7, 11) is 0. The fourth-order valence-electron chi connectivity index (χ4n) is 7.72. The van der Waals surface area contributed by atoms with Gasteiger partial charge in [0.2, 0.25) is 11.8 Å². The number of benzene rings is 2. The smallest absolute Gasteiger partial charge is 0.315 e. The van der Waals surface area contributed by atoms with Gasteiger partial charge in [0.05, 0.1) is 17.6 Å². The van der Waals surface area contributed by atoms with Crippen LogP contribution in [0.3, 0.4) is 0 Å². The van der Waals surface area contributed by atoms with Crippen LogP contribution in [0.25, 0.3) is 11.3 Å². The number of rotatable bonds is 11. The molecule has 1 aliphatic carbocycles. The second kappa shape index (κ2) is 15.3. The Morgan fingerprint density at radius 2 is 1.76 bits per heavy atom. The number of pyridine rings is 1. The number of piperidine rings is 1. The highest BCUT2D eigenvalue weighted by Crippen LogP contribution is 2.40. The summed E-state index contributed by atoms with van der Waals surface area (Å²) in [6.45, 7) is 7.89. The molecular weight excluding hydrogens is 699 g/mol. The maximum absolute atomic E-state index is 12.1. The predicted molar refractivity (Wildman–Crippen MR) is 206 cm³/mol. The summed E-state index contributed by atoms with van der Waals surface area (Å²) in [5.41, 5.74) is 12.3. The number of nitrogens with one attached hydrogen (secondary N) is 3. The first-order valence-corrected chi connectivity index (χ1v) is 18.7. The van der Waals surface area contributed by atoms with Crippen molar-refractivity contribution in [2.24, 2.45) is 5.73 Å². The van der Waals surface area contributed by atoms with Crippen LogP contribution in [0.15, 0.2) is 77.7 Å². The number of piperazine rings is 1. The molecule has 55 heavy (non-hydrogen) atoms. The highest BCUT2D eigenvalue weighted by atomic mass is 16.5. The Bertz CT molecular complexity index is 2190. The minimum atomic E-state index is -0.753. The van der Waals surface area contributed by atoms with Gasteiger partial charge in [0.15, 0.2) is 5.82 Å². The van der Waals surface area contributed by atoms with E-state index in [4.69, 9.17) is 15.2 Å². The van der Waals surface area contributed by atoms with Crippen LogP contribution in [0.1, 0.15) is 77.6 Å². The van der Waals surface area contributed by atoms with Gasteiger partial charge in [0, 0.05) is 61.9 Å². The SMILES string of the molecule is Cc1cc(-c2cc(Nc3ccc(N4CCN(C5CC(c6ccc(N[C@H]7CCC(=O)NC7=O)cc6)C5)CC4)cn3)ncn2)ccc1[C@@H](C)c1noc(C(N)=O)n1. The largest absolute Gasteiger partial charge is 0.374 e. The number of nitrogens with zero attached hydrogens (tertiary/aromatic N) is 7. The lowest BCUT2D eigenvalue weighted by molar-refractivity contribution is -0.133. The molecule has 0 spiro atoms. The monoisotopic (exact) mass is 741 g/mol. The topological polar surface area (TPSA) is 197 Å². The summed E-state index contributed by atoms with van der Waals surface area (Å²) in [5.74, 6) is 0.664. The molecule has 0 bridgehead atoms. The molecule has 282 valence electrons. The van der Waals surface area contributed by atoms with Crippen molar-refractivity contribution >= 4 is 40.7 Å². The number of nitrogens with two attached hydrogens (primary N) is 1. The van der Waals surface area contributed by atoms with E-state index in [0.29, 0.717) is 42.3 Å². The fraction of sp³-hybridized carbons (Fsp3) is 0.350. The van der Waals surface area contributed by atoms with Crippen molar-refractivity contribution < 1.29 is 18.9 Å². The van der Waals surface area contributed by atoms with Gasteiger partial charge in [-0.2, -0.15) is 4.98 Å². The summed E-state index contributed by atoms with van der Waals surface area (Å²) in [5, 5.41) is 12.9. The van der Waals surface area contributed by atoms with Crippen molar-refractivity contribution in [3.63, 3.8) is 0 Å². The fourth-order valence-corrected chi connectivity index (χ4v) is 7.72. The molecule has 5 heterocycles. The van der Waals surface area contributed by atoms with Crippen LogP contribution in [-0.4, -0.2) is 86.0 Å². The Labute approximate surface area is 318 Å². The minimum Gasteiger partial charge on any atom is -0.374 e. The Morgan fingerprint density at radius 1 is 0.964 bits per heavy atom. The molecule has 0 radical (unpaired) electrons. The van der Waals surface area contributed by atoms with E-state index in [1.807, 2.05) is 62.5 Å². The van der Waals surface area contributed by atoms with Gasteiger partial charge in [-0.25, -0.2) is 15.0 Å². The minimum absolute atomic E-state index is 0.196. The molecule has 2 aromatic carbocycles. The first kappa shape index (κ1) is 35.8. The number of hydrogen-bond acceptors (Lipinski definition) is 13. The number of aromatic nitrogens is 5. The van der Waals surface area contributed by atoms with Gasteiger partial charge in [-0.1, -0.05) is 36.3 Å². The molecule has 15 nitrogen and oxygen atoms in total. The Balaban J connectivity index is 0.806. The number of primary amides is 1. The predicted octanol–water partition coefficient (Wildman–Crippen LogP) is 4.51. The van der Waals surface area contributed by atoms with Crippen molar-refractivity contribution in [1.82, 2.24) is 35.3 Å². The quantitative estimate of drug-likeness (QED) is 0.138. The summed E-state index contributed by atoms with van der Waals surface area (Å²) in [4.78, 5) is 57.7. The number of carbonyl (C=O) groups excluding carboxylic acids is 3. The average molecular weight is 742 g/mol. The van der Waals surface area contributed by atoms with Crippen molar-refractivity contribution in [3.05, 3.63) is 102 Å². The summed E-state index contributed by atoms with van der Waals surface area (Å²) in [6.07, 6.45) is 6.63. The van der Waals surface area contributed by atoms with Crippen LogP contribution in [0, 0.1) is 6.92 Å². The lowest BCUT2D eigenvalue weighted by Gasteiger charge is -2.47. The zero-order valence-corrected chi connectivity index (χ0v) is 30.7. The van der Waals surface area contributed by atoms with Gasteiger partial charge >= 0.3 is 11.8 Å². The van der Waals surface area contributed by atoms with Crippen molar-refractivity contribution in [3.8, 4) is 11.3 Å². The molecule has 0 unspecified atom stereocenters. The van der Waals surface area contributed by atoms with Gasteiger partial charge in [0.1, 0.15) is 24.0 Å². The molecular formula is C40H43N11O4. The lowest BCUT2D eigenvalue weighted by atomic mass is 9.75. The number of carbonyl (C=O) groups is 3. The van der Waals surface area contributed by atoms with Crippen LogP contribution in [0.4, 0.5) is 23.0 Å². The van der Waals surface area contributed by atoms with Gasteiger partial charge < -0.3 is 25.8 Å². The third kappa shape index (κ3) is 7.87. The van der Waals surface area contributed by atoms with Crippen molar-refractivity contribution in [2.45, 2.75) is 63.5 Å². The average Bonchev–Trinajstić information content (AvgIpc) is 3.68. The number of amides is 3. The summed E-state index contributed by atoms with van der Waals surface area (Å²) in [6, 6.07) is 20.6. The lowest BCUT2D eigenvalue weighted by Crippen LogP contribution is -2.53. The first-order valence-electron chi connectivity index (χ1n) is 18.7. The summed E-state index contributed by atoms with van der Waals surface area (Å²) >= 11 is 0. The molecule has 3 aliphatic rings. The second-order valence-electron chi connectivity index (χ2n) is 14.5. The van der Waals surface area contributed by atoms with Crippen LogP contribution in [0.5, 0.6) is 0 Å². The normalized spacial score (nSPS) is 20.7. The third-order valence-corrected chi connectivity index (χ3v) is 11.0. The van der Waals surface area contributed by atoms with Gasteiger partial charge in [-0.3, -0.25) is 24.6 Å². The third-order valence-electron chi connectivity index (χ3n) is 11.0. The molecule has 8 rings (SSSR count). The van der Waals surface area contributed by atoms with E-state index in [1.165, 1.54) is 11.9 Å². The van der Waals surface area contributed by atoms with E-state index < -0.39 is 5.91 Å². The molecule has 2 saturated heterocycles. The zero-order chi connectivity index (χ0) is 38.1.